The molecule has 1 unspecified atom stereocenters. The van der Waals surface area contributed by atoms with Crippen LogP contribution in [0.3, 0.4) is 0 Å². The second kappa shape index (κ2) is 2.71. The van der Waals surface area contributed by atoms with Crippen molar-refractivity contribution in [3.05, 3.63) is 11.6 Å². The summed E-state index contributed by atoms with van der Waals surface area (Å²) < 4.78 is 4.24. The molecule has 0 aliphatic carbocycles. The van der Waals surface area contributed by atoms with Gasteiger partial charge < -0.3 is 14.9 Å². The van der Waals surface area contributed by atoms with Crippen LogP contribution in [-0.2, 0) is 14.3 Å². The molecule has 5 nitrogen and oxygen atoms in total. The van der Waals surface area contributed by atoms with Crippen molar-refractivity contribution < 1.29 is 24.5 Å². The van der Waals surface area contributed by atoms with E-state index in [0.717, 1.165) is 6.08 Å². The molecular formula is C6H6O5. The first-order valence-corrected chi connectivity index (χ1v) is 2.90. The van der Waals surface area contributed by atoms with Crippen LogP contribution in [0.1, 0.15) is 6.42 Å². The van der Waals surface area contributed by atoms with Crippen LogP contribution in [0, 0.1) is 0 Å². The highest BCUT2D eigenvalue weighted by molar-refractivity contribution is 5.87. The van der Waals surface area contributed by atoms with Gasteiger partial charge in [0.2, 0.25) is 6.29 Å². The van der Waals surface area contributed by atoms with E-state index < -0.39 is 18.2 Å². The van der Waals surface area contributed by atoms with E-state index in [0.29, 0.717) is 0 Å². The zero-order valence-corrected chi connectivity index (χ0v) is 5.48. The summed E-state index contributed by atoms with van der Waals surface area (Å²) >= 11 is 0. The van der Waals surface area contributed by atoms with Gasteiger partial charge in [-0.1, -0.05) is 0 Å². The molecule has 0 aromatic rings. The highest BCUT2D eigenvalue weighted by Gasteiger charge is 2.24. The molecule has 0 spiro atoms. The van der Waals surface area contributed by atoms with Gasteiger partial charge in [-0.25, -0.2) is 4.79 Å². The average molecular weight is 158 g/mol. The Balaban J connectivity index is 2.64. The van der Waals surface area contributed by atoms with Crippen LogP contribution >= 0.6 is 0 Å². The molecule has 0 aromatic carbocycles. The van der Waals surface area contributed by atoms with Crippen LogP contribution < -0.4 is 0 Å². The SMILES string of the molecule is O=C(O)CC1=CC(=O)OC1O. The van der Waals surface area contributed by atoms with Crippen molar-refractivity contribution >= 4 is 11.9 Å². The third kappa shape index (κ3) is 1.78. The van der Waals surface area contributed by atoms with Crippen molar-refractivity contribution in [3.8, 4) is 0 Å². The molecule has 0 amide bonds. The van der Waals surface area contributed by atoms with Crippen molar-refractivity contribution in [1.29, 1.82) is 0 Å². The zero-order chi connectivity index (χ0) is 8.43. The smallest absolute Gasteiger partial charge is 0.333 e. The van der Waals surface area contributed by atoms with Crippen LogP contribution in [0.15, 0.2) is 11.6 Å². The van der Waals surface area contributed by atoms with Gasteiger partial charge in [-0.3, -0.25) is 4.79 Å². The number of aliphatic carboxylic acids is 1. The summed E-state index contributed by atoms with van der Waals surface area (Å²) in [5, 5.41) is 17.1. The number of carboxylic acids is 1. The summed E-state index contributed by atoms with van der Waals surface area (Å²) in [6.45, 7) is 0. The predicted molar refractivity (Wildman–Crippen MR) is 32.4 cm³/mol. The zero-order valence-electron chi connectivity index (χ0n) is 5.48. The third-order valence-corrected chi connectivity index (χ3v) is 1.20. The van der Waals surface area contributed by atoms with Gasteiger partial charge in [0, 0.05) is 11.6 Å². The van der Waals surface area contributed by atoms with E-state index in [1.165, 1.54) is 0 Å². The van der Waals surface area contributed by atoms with E-state index in [2.05, 4.69) is 4.74 Å². The Morgan fingerprint density at radius 3 is 2.73 bits per heavy atom. The summed E-state index contributed by atoms with van der Waals surface area (Å²) in [5.74, 6) is -1.80. The summed E-state index contributed by atoms with van der Waals surface area (Å²) in [4.78, 5) is 20.5. The van der Waals surface area contributed by atoms with Crippen molar-refractivity contribution in [2.24, 2.45) is 0 Å². The lowest BCUT2D eigenvalue weighted by atomic mass is 10.2. The monoisotopic (exact) mass is 158 g/mol. The Bertz CT molecular complexity index is 229. The third-order valence-electron chi connectivity index (χ3n) is 1.20. The first-order chi connectivity index (χ1) is 5.09. The number of carboxylic acid groups (broad SMARTS) is 1. The lowest BCUT2D eigenvalue weighted by Gasteiger charge is -2.03. The molecule has 0 bridgehead atoms. The van der Waals surface area contributed by atoms with Crippen molar-refractivity contribution in [2.45, 2.75) is 12.7 Å². The Morgan fingerprint density at radius 1 is 1.73 bits per heavy atom. The number of carbonyl (C=O) groups excluding carboxylic acids is 1. The molecular weight excluding hydrogens is 152 g/mol. The molecule has 5 heteroatoms. The van der Waals surface area contributed by atoms with E-state index >= 15 is 0 Å². The second-order valence-electron chi connectivity index (χ2n) is 2.08. The normalized spacial score (nSPS) is 22.8. The Kier molecular flexibility index (Phi) is 1.91. The molecule has 1 atom stereocenters. The number of esters is 1. The van der Waals surface area contributed by atoms with Crippen molar-refractivity contribution in [3.63, 3.8) is 0 Å². The molecule has 0 radical (unpaired) electrons. The minimum absolute atomic E-state index is 0.0856. The maximum atomic E-state index is 10.4. The summed E-state index contributed by atoms with van der Waals surface area (Å²) in [7, 11) is 0. The van der Waals surface area contributed by atoms with Gasteiger partial charge in [-0.05, 0) is 0 Å². The summed E-state index contributed by atoms with van der Waals surface area (Å²) in [6.07, 6.45) is -0.760. The Morgan fingerprint density at radius 2 is 2.36 bits per heavy atom. The fourth-order valence-electron chi connectivity index (χ4n) is 0.755. The topological polar surface area (TPSA) is 83.8 Å². The van der Waals surface area contributed by atoms with Gasteiger partial charge in [0.05, 0.1) is 6.42 Å². The number of carbonyl (C=O) groups is 2. The van der Waals surface area contributed by atoms with Gasteiger partial charge in [0.25, 0.3) is 0 Å². The van der Waals surface area contributed by atoms with Crippen molar-refractivity contribution in [2.75, 3.05) is 0 Å². The molecule has 0 saturated carbocycles. The fourth-order valence-corrected chi connectivity index (χ4v) is 0.755. The standard InChI is InChI=1S/C6H6O5/c7-4(8)1-3-2-5(9)11-6(3)10/h2,6,10H,1H2,(H,7,8). The second-order valence-corrected chi connectivity index (χ2v) is 2.08. The van der Waals surface area contributed by atoms with Crippen LogP contribution in [-0.4, -0.2) is 28.4 Å². The lowest BCUT2D eigenvalue weighted by molar-refractivity contribution is -0.152. The minimum atomic E-state index is -1.38. The molecule has 0 fully saturated rings. The molecule has 1 rings (SSSR count). The number of hydrogen-bond donors (Lipinski definition) is 2. The summed E-state index contributed by atoms with van der Waals surface area (Å²) in [5.41, 5.74) is 0.0856. The van der Waals surface area contributed by atoms with Gasteiger partial charge in [0.15, 0.2) is 0 Å². The number of aliphatic hydroxyl groups is 1. The van der Waals surface area contributed by atoms with E-state index in [9.17, 15) is 9.59 Å². The molecule has 1 aliphatic rings. The van der Waals surface area contributed by atoms with Gasteiger partial charge in [-0.15, -0.1) is 0 Å². The van der Waals surface area contributed by atoms with Gasteiger partial charge >= 0.3 is 11.9 Å². The molecule has 1 heterocycles. The number of hydrogen-bond acceptors (Lipinski definition) is 4. The first-order valence-electron chi connectivity index (χ1n) is 2.90. The Labute approximate surface area is 61.9 Å². The lowest BCUT2D eigenvalue weighted by Crippen LogP contribution is -2.12. The van der Waals surface area contributed by atoms with Crippen LogP contribution in [0.4, 0.5) is 0 Å². The van der Waals surface area contributed by atoms with Gasteiger partial charge in [0.1, 0.15) is 0 Å². The minimum Gasteiger partial charge on any atom is -0.481 e. The largest absolute Gasteiger partial charge is 0.481 e. The number of ether oxygens (including phenoxy) is 1. The first kappa shape index (κ1) is 7.74. The van der Waals surface area contributed by atoms with E-state index in [1.54, 1.807) is 0 Å². The number of cyclic esters (lactones) is 1. The molecule has 60 valence electrons. The van der Waals surface area contributed by atoms with Crippen LogP contribution in [0.25, 0.3) is 0 Å². The quantitative estimate of drug-likeness (QED) is 0.517. The Hall–Kier alpha value is -1.36. The number of rotatable bonds is 2. The molecule has 2 N–H and O–H groups in total. The molecule has 1 aliphatic heterocycles. The fraction of sp³-hybridized carbons (Fsp3) is 0.333. The average Bonchev–Trinajstić information content (AvgIpc) is 2.09. The van der Waals surface area contributed by atoms with E-state index in [1.807, 2.05) is 0 Å². The van der Waals surface area contributed by atoms with E-state index in [4.69, 9.17) is 10.2 Å². The van der Waals surface area contributed by atoms with Crippen LogP contribution in [0.2, 0.25) is 0 Å². The highest BCUT2D eigenvalue weighted by atomic mass is 16.6. The van der Waals surface area contributed by atoms with E-state index in [-0.39, 0.29) is 12.0 Å². The highest BCUT2D eigenvalue weighted by Crippen LogP contribution is 2.15. The maximum absolute atomic E-state index is 10.4. The number of aliphatic hydroxyl groups excluding tert-OH is 1. The maximum Gasteiger partial charge on any atom is 0.333 e. The van der Waals surface area contributed by atoms with Crippen molar-refractivity contribution in [1.82, 2.24) is 0 Å². The molecule has 0 saturated heterocycles. The molecule has 11 heavy (non-hydrogen) atoms. The van der Waals surface area contributed by atoms with Crippen LogP contribution in [0.5, 0.6) is 0 Å². The molecule has 0 aromatic heterocycles. The predicted octanol–water partition coefficient (Wildman–Crippen LogP) is -0.737. The van der Waals surface area contributed by atoms with Gasteiger partial charge in [-0.2, -0.15) is 0 Å². The summed E-state index contributed by atoms with van der Waals surface area (Å²) in [6, 6.07) is 0.